The topological polar surface area (TPSA) is 66.5 Å². The third-order valence-corrected chi connectivity index (χ3v) is 8.48. The van der Waals surface area contributed by atoms with Gasteiger partial charge in [-0.25, -0.2) is 4.98 Å². The van der Waals surface area contributed by atoms with Crippen LogP contribution in [0.5, 0.6) is 5.75 Å². The molecule has 6 nitrogen and oxygen atoms in total. The summed E-state index contributed by atoms with van der Waals surface area (Å²) in [5.74, 6) is -0.157. The van der Waals surface area contributed by atoms with Crippen LogP contribution in [-0.4, -0.2) is 41.7 Å². The summed E-state index contributed by atoms with van der Waals surface area (Å²) in [5.41, 5.74) is 1.32. The Hall–Kier alpha value is -2.52. The third-order valence-electron chi connectivity index (χ3n) is 8.24. The van der Waals surface area contributed by atoms with Crippen molar-refractivity contribution in [3.05, 3.63) is 52.8 Å². The van der Waals surface area contributed by atoms with E-state index in [1.807, 2.05) is 6.07 Å². The molecule has 1 amide bonds. The highest BCUT2D eigenvalue weighted by Gasteiger charge is 2.69. The van der Waals surface area contributed by atoms with Crippen molar-refractivity contribution in [2.45, 2.75) is 88.0 Å². The number of anilines is 1. The SMILES string of the molecule is CCCCCCCN1CCC(NC23CC(NC(=O)COc4ccc(C(F)(F)F)nc4)(C2)C3)c2ccc(Cl)cc21. The summed E-state index contributed by atoms with van der Waals surface area (Å²) in [6, 6.07) is 8.47. The van der Waals surface area contributed by atoms with E-state index in [0.29, 0.717) is 0 Å². The van der Waals surface area contributed by atoms with Crippen LogP contribution in [0.3, 0.4) is 0 Å². The molecule has 0 spiro atoms. The lowest BCUT2D eigenvalue weighted by Crippen LogP contribution is -2.83. The lowest BCUT2D eigenvalue weighted by Gasteiger charge is -2.71. The number of pyridine rings is 1. The molecule has 3 saturated carbocycles. The number of rotatable bonds is 12. The van der Waals surface area contributed by atoms with Gasteiger partial charge in [0.25, 0.3) is 5.91 Å². The summed E-state index contributed by atoms with van der Waals surface area (Å²) < 4.78 is 43.3. The molecule has 3 fully saturated rings. The fourth-order valence-corrected chi connectivity index (χ4v) is 6.66. The maximum atomic E-state index is 12.7. The van der Waals surface area contributed by atoms with Crippen molar-refractivity contribution in [1.29, 1.82) is 0 Å². The van der Waals surface area contributed by atoms with Crippen LogP contribution in [0.15, 0.2) is 36.5 Å². The zero-order valence-electron chi connectivity index (χ0n) is 22.2. The van der Waals surface area contributed by atoms with Crippen molar-refractivity contribution >= 4 is 23.2 Å². The first-order chi connectivity index (χ1) is 18.6. The third kappa shape index (κ3) is 6.30. The monoisotopic (exact) mass is 564 g/mol. The van der Waals surface area contributed by atoms with Gasteiger partial charge in [0, 0.05) is 40.9 Å². The number of halogens is 4. The van der Waals surface area contributed by atoms with E-state index < -0.39 is 11.9 Å². The minimum Gasteiger partial charge on any atom is -0.482 e. The average Bonchev–Trinajstić information content (AvgIpc) is 2.86. The molecule has 2 bridgehead atoms. The van der Waals surface area contributed by atoms with Crippen LogP contribution in [0, 0.1) is 0 Å². The summed E-state index contributed by atoms with van der Waals surface area (Å²) in [7, 11) is 0. The zero-order chi connectivity index (χ0) is 27.7. The number of aromatic nitrogens is 1. The Morgan fingerprint density at radius 2 is 1.90 bits per heavy atom. The van der Waals surface area contributed by atoms with Crippen LogP contribution < -0.4 is 20.3 Å². The molecule has 1 unspecified atom stereocenters. The van der Waals surface area contributed by atoms with Crippen LogP contribution in [0.2, 0.25) is 5.02 Å². The highest BCUT2D eigenvalue weighted by molar-refractivity contribution is 6.30. The summed E-state index contributed by atoms with van der Waals surface area (Å²) in [6.45, 7) is 4.01. The molecule has 1 atom stereocenters. The minimum absolute atomic E-state index is 0.0232. The van der Waals surface area contributed by atoms with Crippen molar-refractivity contribution in [1.82, 2.24) is 15.6 Å². The van der Waals surface area contributed by atoms with Gasteiger partial charge in [0.15, 0.2) is 6.61 Å². The fraction of sp³-hybridized carbons (Fsp3) is 0.586. The first-order valence-electron chi connectivity index (χ1n) is 13.9. The number of benzene rings is 1. The number of ether oxygens (including phenoxy) is 1. The number of nitrogens with zero attached hydrogens (tertiary/aromatic N) is 2. The number of unbranched alkanes of at least 4 members (excludes halogenated alkanes) is 4. The molecular formula is C29H36ClF3N4O2. The van der Waals surface area contributed by atoms with Gasteiger partial charge >= 0.3 is 6.18 Å². The molecule has 3 aliphatic carbocycles. The quantitative estimate of drug-likeness (QED) is 0.291. The number of nitrogens with one attached hydrogen (secondary N) is 2. The Bertz CT molecular complexity index is 1150. The molecule has 0 saturated heterocycles. The van der Waals surface area contributed by atoms with E-state index >= 15 is 0 Å². The number of amides is 1. The smallest absolute Gasteiger partial charge is 0.433 e. The number of carbonyl (C=O) groups is 1. The Morgan fingerprint density at radius 3 is 2.59 bits per heavy atom. The molecule has 6 rings (SSSR count). The molecule has 10 heteroatoms. The Balaban J connectivity index is 1.10. The first kappa shape index (κ1) is 28.0. The molecule has 0 radical (unpaired) electrons. The van der Waals surface area contributed by atoms with Crippen LogP contribution in [0.1, 0.15) is 82.0 Å². The second-order valence-electron chi connectivity index (χ2n) is 11.4. The molecule has 39 heavy (non-hydrogen) atoms. The predicted octanol–water partition coefficient (Wildman–Crippen LogP) is 6.44. The molecule has 2 aromatic rings. The number of carbonyl (C=O) groups excluding carboxylic acids is 1. The number of hydrogen-bond donors (Lipinski definition) is 2. The Morgan fingerprint density at radius 1 is 1.13 bits per heavy atom. The van der Waals surface area contributed by atoms with Gasteiger partial charge in [-0.3, -0.25) is 4.79 Å². The highest BCUT2D eigenvalue weighted by Crippen LogP contribution is 2.61. The Labute approximate surface area is 232 Å². The van der Waals surface area contributed by atoms with Gasteiger partial charge in [0.2, 0.25) is 0 Å². The van der Waals surface area contributed by atoms with E-state index in [9.17, 15) is 18.0 Å². The van der Waals surface area contributed by atoms with Crippen molar-refractivity contribution in [3.8, 4) is 5.75 Å². The summed E-state index contributed by atoms with van der Waals surface area (Å²) in [6.07, 6.45) is 6.34. The number of alkyl halides is 3. The van der Waals surface area contributed by atoms with Crippen LogP contribution in [0.4, 0.5) is 18.9 Å². The van der Waals surface area contributed by atoms with Crippen molar-refractivity contribution in [2.75, 3.05) is 24.6 Å². The minimum atomic E-state index is -4.51. The van der Waals surface area contributed by atoms with Crippen LogP contribution in [0.25, 0.3) is 0 Å². The normalized spacial score (nSPS) is 25.4. The molecule has 1 aromatic heterocycles. The maximum Gasteiger partial charge on any atom is 0.433 e. The van der Waals surface area contributed by atoms with Gasteiger partial charge in [-0.05, 0) is 61.9 Å². The van der Waals surface area contributed by atoms with E-state index in [1.54, 1.807) is 0 Å². The molecule has 4 aliphatic rings. The van der Waals surface area contributed by atoms with Gasteiger partial charge in [0.1, 0.15) is 11.4 Å². The van der Waals surface area contributed by atoms with E-state index in [2.05, 4.69) is 39.6 Å². The van der Waals surface area contributed by atoms with Gasteiger partial charge in [-0.2, -0.15) is 13.2 Å². The lowest BCUT2D eigenvalue weighted by molar-refractivity contribution is -0.145. The summed E-state index contributed by atoms with van der Waals surface area (Å²) >= 11 is 6.38. The predicted molar refractivity (Wildman–Crippen MR) is 145 cm³/mol. The first-order valence-corrected chi connectivity index (χ1v) is 14.3. The van der Waals surface area contributed by atoms with E-state index in [0.717, 1.165) is 56.1 Å². The lowest BCUT2D eigenvalue weighted by atomic mass is 9.44. The summed E-state index contributed by atoms with van der Waals surface area (Å²) in [4.78, 5) is 18.3. The van der Waals surface area contributed by atoms with Crippen molar-refractivity contribution in [3.63, 3.8) is 0 Å². The largest absolute Gasteiger partial charge is 0.482 e. The standard InChI is InChI=1S/C29H36ClF3N4O2/c1-2-3-4-5-6-12-37-13-11-23(22-9-7-20(30)14-24(22)37)35-27-17-28(18-27,19-27)36-26(38)16-39-21-8-10-25(34-15-21)29(31,32)33/h7-10,14-15,23,35H,2-6,11-13,16-19H2,1H3,(H,36,38). The molecule has 212 valence electrons. The van der Waals surface area contributed by atoms with Crippen LogP contribution >= 0.6 is 11.6 Å². The molecular weight excluding hydrogens is 529 g/mol. The van der Waals surface area contributed by atoms with Crippen LogP contribution in [-0.2, 0) is 11.0 Å². The number of fused-ring (bicyclic) bond motifs is 1. The number of hydrogen-bond acceptors (Lipinski definition) is 5. The molecule has 2 N–H and O–H groups in total. The zero-order valence-corrected chi connectivity index (χ0v) is 23.0. The van der Waals surface area contributed by atoms with Gasteiger partial charge in [-0.15, -0.1) is 0 Å². The molecule has 2 heterocycles. The summed E-state index contributed by atoms with van der Waals surface area (Å²) in [5, 5.41) is 7.72. The fourth-order valence-electron chi connectivity index (χ4n) is 6.49. The van der Waals surface area contributed by atoms with E-state index in [1.165, 1.54) is 49.4 Å². The van der Waals surface area contributed by atoms with E-state index in [-0.39, 0.29) is 35.4 Å². The average molecular weight is 565 g/mol. The second-order valence-corrected chi connectivity index (χ2v) is 11.8. The maximum absolute atomic E-state index is 12.7. The van der Waals surface area contributed by atoms with Gasteiger partial charge in [-0.1, -0.05) is 50.3 Å². The highest BCUT2D eigenvalue weighted by atomic mass is 35.5. The molecule has 1 aromatic carbocycles. The van der Waals surface area contributed by atoms with Gasteiger partial charge in [0.05, 0.1) is 6.20 Å². The van der Waals surface area contributed by atoms with Crippen molar-refractivity contribution < 1.29 is 22.7 Å². The Kier molecular flexibility index (Phi) is 8.02. The second kappa shape index (κ2) is 11.2. The van der Waals surface area contributed by atoms with Crippen molar-refractivity contribution in [2.24, 2.45) is 0 Å². The van der Waals surface area contributed by atoms with Gasteiger partial charge < -0.3 is 20.3 Å². The molecule has 1 aliphatic heterocycles. The van der Waals surface area contributed by atoms with E-state index in [4.69, 9.17) is 16.3 Å².